The van der Waals surface area contributed by atoms with Crippen LogP contribution in [-0.2, 0) is 11.3 Å². The fourth-order valence-electron chi connectivity index (χ4n) is 1.78. The Bertz CT molecular complexity index is 540. The molecule has 0 fully saturated rings. The van der Waals surface area contributed by atoms with Crippen LogP contribution < -0.4 is 10.6 Å². The van der Waals surface area contributed by atoms with E-state index >= 15 is 0 Å². The van der Waals surface area contributed by atoms with Crippen LogP contribution in [0.3, 0.4) is 0 Å². The summed E-state index contributed by atoms with van der Waals surface area (Å²) in [5.74, 6) is 0.431. The molecule has 3 nitrogen and oxygen atoms in total. The van der Waals surface area contributed by atoms with Gasteiger partial charge in [0.05, 0.1) is 5.75 Å². The molecule has 0 aliphatic carbocycles. The molecule has 2 aromatic carbocycles. The summed E-state index contributed by atoms with van der Waals surface area (Å²) in [7, 11) is 1.93. The van der Waals surface area contributed by atoms with Crippen molar-refractivity contribution in [2.24, 2.45) is 0 Å². The minimum absolute atomic E-state index is 0.0144. The predicted octanol–water partition coefficient (Wildman–Crippen LogP) is 3.14. The molecule has 2 rings (SSSR count). The maximum Gasteiger partial charge on any atom is 0.234 e. The number of amides is 1. The van der Waals surface area contributed by atoms with Crippen molar-refractivity contribution in [2.75, 3.05) is 18.1 Å². The first-order valence-corrected chi connectivity index (χ1v) is 7.48. The van der Waals surface area contributed by atoms with Crippen LogP contribution >= 0.6 is 11.8 Å². The third kappa shape index (κ3) is 4.72. The number of rotatable bonds is 6. The molecule has 0 aliphatic heterocycles. The van der Waals surface area contributed by atoms with E-state index < -0.39 is 0 Å². The first-order valence-electron chi connectivity index (χ1n) is 6.49. The van der Waals surface area contributed by atoms with Crippen molar-refractivity contribution in [3.63, 3.8) is 0 Å². The standard InChI is InChI=1S/C16H18N2OS/c1-17-11-13-7-9-15(10-8-13)20-12-16(19)18-14-5-3-2-4-6-14/h2-10,17H,11-12H2,1H3,(H,18,19). The smallest absolute Gasteiger partial charge is 0.234 e. The summed E-state index contributed by atoms with van der Waals surface area (Å²) in [5, 5.41) is 5.98. The minimum Gasteiger partial charge on any atom is -0.325 e. The summed E-state index contributed by atoms with van der Waals surface area (Å²) >= 11 is 1.54. The van der Waals surface area contributed by atoms with Crippen molar-refractivity contribution < 1.29 is 4.79 Å². The van der Waals surface area contributed by atoms with Crippen LogP contribution in [0.2, 0.25) is 0 Å². The third-order valence-corrected chi connectivity index (χ3v) is 3.74. The molecule has 0 aromatic heterocycles. The predicted molar refractivity (Wildman–Crippen MR) is 85.0 cm³/mol. The highest BCUT2D eigenvalue weighted by molar-refractivity contribution is 8.00. The summed E-state index contributed by atoms with van der Waals surface area (Å²) in [6, 6.07) is 17.8. The van der Waals surface area contributed by atoms with Gasteiger partial charge in [0.15, 0.2) is 0 Å². The topological polar surface area (TPSA) is 41.1 Å². The number of thioether (sulfide) groups is 1. The fraction of sp³-hybridized carbons (Fsp3) is 0.188. The number of carbonyl (C=O) groups is 1. The van der Waals surface area contributed by atoms with Crippen LogP contribution in [0.5, 0.6) is 0 Å². The molecule has 1 amide bonds. The van der Waals surface area contributed by atoms with E-state index in [1.54, 1.807) is 11.8 Å². The molecule has 0 spiro atoms. The van der Waals surface area contributed by atoms with Gasteiger partial charge in [-0.3, -0.25) is 4.79 Å². The van der Waals surface area contributed by atoms with Gasteiger partial charge in [0.25, 0.3) is 0 Å². The molecule has 0 saturated carbocycles. The van der Waals surface area contributed by atoms with Gasteiger partial charge in [-0.1, -0.05) is 30.3 Å². The number of hydrogen-bond acceptors (Lipinski definition) is 3. The molecule has 0 saturated heterocycles. The molecule has 2 aromatic rings. The Hall–Kier alpha value is -1.78. The Labute approximate surface area is 123 Å². The molecule has 4 heteroatoms. The largest absolute Gasteiger partial charge is 0.325 e. The van der Waals surface area contributed by atoms with Crippen LogP contribution in [0.25, 0.3) is 0 Å². The van der Waals surface area contributed by atoms with Gasteiger partial charge in [0.1, 0.15) is 0 Å². The van der Waals surface area contributed by atoms with Crippen molar-refractivity contribution in [2.45, 2.75) is 11.4 Å². The maximum absolute atomic E-state index is 11.8. The second-order valence-electron chi connectivity index (χ2n) is 4.38. The monoisotopic (exact) mass is 286 g/mol. The van der Waals surface area contributed by atoms with Crippen molar-refractivity contribution >= 4 is 23.4 Å². The van der Waals surface area contributed by atoms with Crippen molar-refractivity contribution in [3.05, 3.63) is 60.2 Å². The van der Waals surface area contributed by atoms with Gasteiger partial charge in [0.2, 0.25) is 5.91 Å². The molecule has 0 atom stereocenters. The quantitative estimate of drug-likeness (QED) is 0.802. The lowest BCUT2D eigenvalue weighted by molar-refractivity contribution is -0.113. The van der Waals surface area contributed by atoms with Gasteiger partial charge < -0.3 is 10.6 Å². The van der Waals surface area contributed by atoms with E-state index in [9.17, 15) is 4.79 Å². The molecule has 20 heavy (non-hydrogen) atoms. The Balaban J connectivity index is 1.81. The lowest BCUT2D eigenvalue weighted by Crippen LogP contribution is -2.13. The average Bonchev–Trinajstić information content (AvgIpc) is 2.48. The SMILES string of the molecule is CNCc1ccc(SCC(=O)Nc2ccccc2)cc1. The van der Waals surface area contributed by atoms with Gasteiger partial charge in [-0.05, 0) is 36.9 Å². The van der Waals surface area contributed by atoms with Gasteiger partial charge >= 0.3 is 0 Å². The van der Waals surface area contributed by atoms with E-state index in [0.717, 1.165) is 17.1 Å². The second kappa shape index (κ2) is 7.72. The van der Waals surface area contributed by atoms with Crippen LogP contribution in [0.1, 0.15) is 5.56 Å². The van der Waals surface area contributed by atoms with E-state index in [4.69, 9.17) is 0 Å². The summed E-state index contributed by atoms with van der Waals surface area (Å²) < 4.78 is 0. The van der Waals surface area contributed by atoms with Gasteiger partial charge in [-0.25, -0.2) is 0 Å². The second-order valence-corrected chi connectivity index (χ2v) is 5.43. The highest BCUT2D eigenvalue weighted by Gasteiger charge is 2.03. The van der Waals surface area contributed by atoms with Gasteiger partial charge in [-0.2, -0.15) is 0 Å². The maximum atomic E-state index is 11.8. The average molecular weight is 286 g/mol. The van der Waals surface area contributed by atoms with E-state index in [1.165, 1.54) is 5.56 Å². The lowest BCUT2D eigenvalue weighted by Gasteiger charge is -2.05. The Morgan fingerprint density at radius 1 is 1.05 bits per heavy atom. The van der Waals surface area contributed by atoms with E-state index in [0.29, 0.717) is 5.75 Å². The number of carbonyl (C=O) groups excluding carboxylic acids is 1. The number of para-hydroxylation sites is 1. The molecule has 0 aliphatic rings. The number of hydrogen-bond donors (Lipinski definition) is 2. The lowest BCUT2D eigenvalue weighted by atomic mass is 10.2. The number of benzene rings is 2. The van der Waals surface area contributed by atoms with E-state index in [-0.39, 0.29) is 5.91 Å². The zero-order valence-corrected chi connectivity index (χ0v) is 12.2. The first kappa shape index (κ1) is 14.6. The summed E-state index contributed by atoms with van der Waals surface area (Å²) in [6.07, 6.45) is 0. The van der Waals surface area contributed by atoms with E-state index in [2.05, 4.69) is 22.8 Å². The first-order chi connectivity index (χ1) is 9.78. The van der Waals surface area contributed by atoms with Crippen molar-refractivity contribution in [1.82, 2.24) is 5.32 Å². The highest BCUT2D eigenvalue weighted by atomic mass is 32.2. The van der Waals surface area contributed by atoms with Crippen LogP contribution in [0.4, 0.5) is 5.69 Å². The summed E-state index contributed by atoms with van der Waals surface area (Å²) in [5.41, 5.74) is 2.08. The van der Waals surface area contributed by atoms with Crippen LogP contribution in [0, 0.1) is 0 Å². The normalized spacial score (nSPS) is 10.2. The van der Waals surface area contributed by atoms with E-state index in [1.807, 2.05) is 49.5 Å². The van der Waals surface area contributed by atoms with Crippen LogP contribution in [-0.4, -0.2) is 18.7 Å². The molecule has 2 N–H and O–H groups in total. The molecular formula is C16H18N2OS. The Kier molecular flexibility index (Phi) is 5.65. The highest BCUT2D eigenvalue weighted by Crippen LogP contribution is 2.18. The van der Waals surface area contributed by atoms with Gasteiger partial charge in [-0.15, -0.1) is 11.8 Å². The Morgan fingerprint density at radius 2 is 1.75 bits per heavy atom. The van der Waals surface area contributed by atoms with Crippen molar-refractivity contribution in [3.8, 4) is 0 Å². The number of anilines is 1. The zero-order valence-electron chi connectivity index (χ0n) is 11.4. The Morgan fingerprint density at radius 3 is 2.40 bits per heavy atom. The molecule has 104 valence electrons. The third-order valence-electron chi connectivity index (χ3n) is 2.73. The summed E-state index contributed by atoms with van der Waals surface area (Å²) in [6.45, 7) is 0.861. The molecule has 0 bridgehead atoms. The molecule has 0 unspecified atom stereocenters. The fourth-order valence-corrected chi connectivity index (χ4v) is 2.47. The van der Waals surface area contributed by atoms with Crippen LogP contribution in [0.15, 0.2) is 59.5 Å². The minimum atomic E-state index is 0.0144. The summed E-state index contributed by atoms with van der Waals surface area (Å²) in [4.78, 5) is 12.9. The molecule has 0 heterocycles. The van der Waals surface area contributed by atoms with Crippen molar-refractivity contribution in [1.29, 1.82) is 0 Å². The molecule has 0 radical (unpaired) electrons. The van der Waals surface area contributed by atoms with Gasteiger partial charge in [0, 0.05) is 17.1 Å². The zero-order chi connectivity index (χ0) is 14.2. The molecular weight excluding hydrogens is 268 g/mol. The number of nitrogens with one attached hydrogen (secondary N) is 2.